The van der Waals surface area contributed by atoms with Gasteiger partial charge in [-0.1, -0.05) is 17.8 Å². The molecule has 0 saturated carbocycles. The van der Waals surface area contributed by atoms with Gasteiger partial charge in [-0.05, 0) is 30.7 Å². The number of aromatic nitrogens is 2. The first kappa shape index (κ1) is 17.1. The maximum atomic E-state index is 12.6. The fraction of sp³-hybridized carbons (Fsp3) is 0.214. The van der Waals surface area contributed by atoms with Crippen molar-refractivity contribution in [1.82, 2.24) is 9.97 Å². The summed E-state index contributed by atoms with van der Waals surface area (Å²) in [5, 5.41) is 2.88. The van der Waals surface area contributed by atoms with Gasteiger partial charge >= 0.3 is 11.9 Å². The summed E-state index contributed by atoms with van der Waals surface area (Å²) < 4.78 is 37.8. The number of rotatable bonds is 4. The average Bonchev–Trinajstić information content (AvgIpc) is 2.47. The molecule has 0 unspecified atom stereocenters. The predicted molar refractivity (Wildman–Crippen MR) is 80.4 cm³/mol. The second-order valence-electron chi connectivity index (χ2n) is 4.62. The maximum absolute atomic E-state index is 12.6. The van der Waals surface area contributed by atoms with E-state index in [2.05, 4.69) is 15.3 Å². The Hall–Kier alpha value is -2.29. The lowest BCUT2D eigenvalue weighted by Gasteiger charge is -2.10. The molecule has 0 aliphatic heterocycles. The van der Waals surface area contributed by atoms with Crippen LogP contribution >= 0.6 is 11.8 Å². The standard InChI is InChI=1S/C14H12F3N3O2S/c1-8-6-18-13(22)20-12(8)23-7-11(21)19-10-4-2-3-9(5-10)14(15,16)17/h2-6H,7H2,1H3,(H,19,21)(H,18,20,22). The molecule has 0 aliphatic carbocycles. The van der Waals surface area contributed by atoms with Gasteiger partial charge in [0.15, 0.2) is 0 Å². The molecule has 0 fully saturated rings. The monoisotopic (exact) mass is 343 g/mol. The van der Waals surface area contributed by atoms with Crippen LogP contribution in [0.3, 0.4) is 0 Å². The van der Waals surface area contributed by atoms with Crippen LogP contribution in [0.4, 0.5) is 18.9 Å². The maximum Gasteiger partial charge on any atom is 0.416 e. The highest BCUT2D eigenvalue weighted by Crippen LogP contribution is 2.30. The SMILES string of the molecule is Cc1cnc(=O)[nH]c1SCC(=O)Nc1cccc(C(F)(F)F)c1. The first-order chi connectivity index (χ1) is 10.8. The number of benzene rings is 1. The molecule has 0 spiro atoms. The number of hydrogen-bond donors (Lipinski definition) is 2. The quantitative estimate of drug-likeness (QED) is 0.661. The number of thioether (sulfide) groups is 1. The molecule has 1 aromatic heterocycles. The van der Waals surface area contributed by atoms with E-state index in [0.29, 0.717) is 10.6 Å². The van der Waals surface area contributed by atoms with Gasteiger partial charge in [-0.15, -0.1) is 0 Å². The van der Waals surface area contributed by atoms with Crippen molar-refractivity contribution >= 4 is 23.4 Å². The van der Waals surface area contributed by atoms with Crippen molar-refractivity contribution in [2.75, 3.05) is 11.1 Å². The van der Waals surface area contributed by atoms with Crippen molar-refractivity contribution in [3.8, 4) is 0 Å². The molecule has 0 atom stereocenters. The van der Waals surface area contributed by atoms with E-state index in [1.807, 2.05) is 0 Å². The summed E-state index contributed by atoms with van der Waals surface area (Å²) in [5.74, 6) is -0.539. The highest BCUT2D eigenvalue weighted by atomic mass is 32.2. The smallest absolute Gasteiger partial charge is 0.325 e. The first-order valence-electron chi connectivity index (χ1n) is 6.41. The van der Waals surface area contributed by atoms with Crippen LogP contribution in [-0.2, 0) is 11.0 Å². The van der Waals surface area contributed by atoms with Crippen LogP contribution in [0.1, 0.15) is 11.1 Å². The van der Waals surface area contributed by atoms with Crippen molar-refractivity contribution in [3.05, 3.63) is 52.1 Å². The number of carbonyl (C=O) groups is 1. The Kier molecular flexibility index (Phi) is 5.09. The number of carbonyl (C=O) groups excluding carboxylic acids is 1. The topological polar surface area (TPSA) is 74.8 Å². The van der Waals surface area contributed by atoms with E-state index in [9.17, 15) is 22.8 Å². The molecule has 2 aromatic rings. The number of hydrogen-bond acceptors (Lipinski definition) is 4. The average molecular weight is 343 g/mol. The van der Waals surface area contributed by atoms with E-state index in [4.69, 9.17) is 0 Å². The van der Waals surface area contributed by atoms with Gasteiger partial charge < -0.3 is 10.3 Å². The van der Waals surface area contributed by atoms with Crippen molar-refractivity contribution in [1.29, 1.82) is 0 Å². The summed E-state index contributed by atoms with van der Waals surface area (Å²) in [6.45, 7) is 1.72. The minimum absolute atomic E-state index is 0.0585. The Morgan fingerprint density at radius 3 is 2.83 bits per heavy atom. The number of aromatic amines is 1. The number of aryl methyl sites for hydroxylation is 1. The van der Waals surface area contributed by atoms with Crippen molar-refractivity contribution < 1.29 is 18.0 Å². The normalized spacial score (nSPS) is 11.3. The molecule has 1 amide bonds. The summed E-state index contributed by atoms with van der Waals surface area (Å²) in [4.78, 5) is 29.0. The summed E-state index contributed by atoms with van der Waals surface area (Å²) in [5.41, 5.74) is -0.611. The van der Waals surface area contributed by atoms with E-state index in [-0.39, 0.29) is 11.4 Å². The van der Waals surface area contributed by atoms with E-state index >= 15 is 0 Å². The van der Waals surface area contributed by atoms with Gasteiger partial charge in [0.05, 0.1) is 16.3 Å². The Balaban J connectivity index is 2.00. The lowest BCUT2D eigenvalue weighted by molar-refractivity contribution is -0.137. The molecular formula is C14H12F3N3O2S. The van der Waals surface area contributed by atoms with Gasteiger partial charge in [-0.3, -0.25) is 4.79 Å². The summed E-state index contributed by atoms with van der Waals surface area (Å²) in [7, 11) is 0. The Morgan fingerprint density at radius 1 is 1.39 bits per heavy atom. The molecule has 23 heavy (non-hydrogen) atoms. The number of halogens is 3. The van der Waals surface area contributed by atoms with E-state index in [1.165, 1.54) is 18.3 Å². The number of nitrogens with one attached hydrogen (secondary N) is 2. The molecular weight excluding hydrogens is 331 g/mol. The van der Waals surface area contributed by atoms with Crippen LogP contribution in [0, 0.1) is 6.92 Å². The van der Waals surface area contributed by atoms with Gasteiger partial charge in [-0.25, -0.2) is 9.78 Å². The van der Waals surface area contributed by atoms with Gasteiger partial charge in [0.2, 0.25) is 5.91 Å². The third kappa shape index (κ3) is 4.85. The zero-order valence-corrected chi connectivity index (χ0v) is 12.7. The van der Waals surface area contributed by atoms with E-state index in [0.717, 1.165) is 23.9 Å². The van der Waals surface area contributed by atoms with Gasteiger partial charge in [-0.2, -0.15) is 13.2 Å². The molecule has 0 bridgehead atoms. The zero-order chi connectivity index (χ0) is 17.0. The Labute approximate surface area is 133 Å². The minimum atomic E-state index is -4.47. The van der Waals surface area contributed by atoms with Crippen LogP contribution in [0.25, 0.3) is 0 Å². The van der Waals surface area contributed by atoms with Gasteiger partial charge in [0, 0.05) is 11.9 Å². The summed E-state index contributed by atoms with van der Waals surface area (Å²) >= 11 is 1.07. The molecule has 0 aliphatic rings. The highest BCUT2D eigenvalue weighted by molar-refractivity contribution is 8.00. The third-order valence-electron chi connectivity index (χ3n) is 2.78. The number of anilines is 1. The minimum Gasteiger partial charge on any atom is -0.325 e. The molecule has 2 rings (SSSR count). The summed E-state index contributed by atoms with van der Waals surface area (Å²) in [6.07, 6.45) is -3.09. The third-order valence-corrected chi connectivity index (χ3v) is 3.89. The van der Waals surface area contributed by atoms with Crippen LogP contribution < -0.4 is 11.0 Å². The first-order valence-corrected chi connectivity index (χ1v) is 7.40. The number of amides is 1. The lowest BCUT2D eigenvalue weighted by Crippen LogP contribution is -2.16. The van der Waals surface area contributed by atoms with Crippen LogP contribution in [0.5, 0.6) is 0 Å². The van der Waals surface area contributed by atoms with Gasteiger partial charge in [0.25, 0.3) is 0 Å². The molecule has 2 N–H and O–H groups in total. The number of H-pyrrole nitrogens is 1. The molecule has 9 heteroatoms. The lowest BCUT2D eigenvalue weighted by atomic mass is 10.2. The fourth-order valence-electron chi connectivity index (χ4n) is 1.70. The molecule has 5 nitrogen and oxygen atoms in total. The largest absolute Gasteiger partial charge is 0.416 e. The molecule has 122 valence electrons. The van der Waals surface area contributed by atoms with Crippen molar-refractivity contribution in [2.24, 2.45) is 0 Å². The second-order valence-corrected chi connectivity index (χ2v) is 5.60. The van der Waals surface area contributed by atoms with E-state index < -0.39 is 23.3 Å². The number of nitrogens with zero attached hydrogens (tertiary/aromatic N) is 1. The highest BCUT2D eigenvalue weighted by Gasteiger charge is 2.30. The Morgan fingerprint density at radius 2 is 2.13 bits per heavy atom. The zero-order valence-electron chi connectivity index (χ0n) is 11.9. The van der Waals surface area contributed by atoms with Crippen LogP contribution in [0.2, 0.25) is 0 Å². The Bertz CT molecular complexity index is 774. The van der Waals surface area contributed by atoms with E-state index in [1.54, 1.807) is 6.92 Å². The molecule has 0 radical (unpaired) electrons. The molecule has 0 saturated heterocycles. The summed E-state index contributed by atoms with van der Waals surface area (Å²) in [6, 6.07) is 4.38. The number of alkyl halides is 3. The van der Waals surface area contributed by atoms with Crippen molar-refractivity contribution in [2.45, 2.75) is 18.1 Å². The van der Waals surface area contributed by atoms with Crippen LogP contribution in [0.15, 0.2) is 40.3 Å². The van der Waals surface area contributed by atoms with Gasteiger partial charge in [0.1, 0.15) is 0 Å². The second kappa shape index (κ2) is 6.86. The predicted octanol–water partition coefficient (Wildman–Crippen LogP) is 2.83. The fourth-order valence-corrected chi connectivity index (χ4v) is 2.49. The molecule has 1 aromatic carbocycles. The van der Waals surface area contributed by atoms with Crippen molar-refractivity contribution in [3.63, 3.8) is 0 Å². The molecule has 1 heterocycles. The van der Waals surface area contributed by atoms with Crippen LogP contribution in [-0.4, -0.2) is 21.6 Å².